The van der Waals surface area contributed by atoms with Gasteiger partial charge in [0.05, 0.1) is 12.1 Å². The van der Waals surface area contributed by atoms with E-state index in [1.54, 1.807) is 6.92 Å². The summed E-state index contributed by atoms with van der Waals surface area (Å²) in [4.78, 5) is 30.3. The third kappa shape index (κ3) is 4.32. The van der Waals surface area contributed by atoms with Crippen LogP contribution in [-0.2, 0) is 14.3 Å². The highest BCUT2D eigenvalue weighted by Crippen LogP contribution is 2.44. The molecule has 0 aromatic carbocycles. The Kier molecular flexibility index (Phi) is 6.77. The number of carbonyl (C=O) groups excluding carboxylic acids is 2. The minimum Gasteiger partial charge on any atom is -0.368 e. The number of piperazine rings is 1. The first-order chi connectivity index (χ1) is 15.5. The quantitative estimate of drug-likeness (QED) is 0.722. The molecule has 3 aliphatic heterocycles. The van der Waals surface area contributed by atoms with Crippen LogP contribution in [0.1, 0.15) is 78.1 Å². The minimum absolute atomic E-state index is 0.0796. The van der Waals surface area contributed by atoms with E-state index in [1.165, 1.54) is 45.1 Å². The van der Waals surface area contributed by atoms with E-state index in [4.69, 9.17) is 4.74 Å². The molecule has 5 aliphatic rings. The molecule has 6 unspecified atom stereocenters. The van der Waals surface area contributed by atoms with Crippen molar-refractivity contribution in [2.45, 2.75) is 108 Å². The largest absolute Gasteiger partial charge is 0.368 e. The summed E-state index contributed by atoms with van der Waals surface area (Å²) < 4.78 is 5.79. The van der Waals surface area contributed by atoms with Gasteiger partial charge in [-0.3, -0.25) is 15.0 Å². The van der Waals surface area contributed by atoms with Crippen molar-refractivity contribution in [3.05, 3.63) is 0 Å². The van der Waals surface area contributed by atoms with Crippen LogP contribution in [0, 0.1) is 11.8 Å². The summed E-state index contributed by atoms with van der Waals surface area (Å²) in [6, 6.07) is 1.06. The summed E-state index contributed by atoms with van der Waals surface area (Å²) >= 11 is 0. The van der Waals surface area contributed by atoms with Gasteiger partial charge in [-0.05, 0) is 70.1 Å². The van der Waals surface area contributed by atoms with Crippen LogP contribution in [0.15, 0.2) is 0 Å². The van der Waals surface area contributed by atoms with Gasteiger partial charge in [-0.2, -0.15) is 0 Å². The Labute approximate surface area is 193 Å². The SMILES string of the molecule is CC(=O)N1C2CCC(C3CCCC(N4CCCN4)C3)CC2N(C(=O)C2CCCO2)C[C@@H]1C. The van der Waals surface area contributed by atoms with E-state index in [1.807, 2.05) is 0 Å². The number of hydrogen-bond acceptors (Lipinski definition) is 5. The molecule has 7 nitrogen and oxygen atoms in total. The Morgan fingerprint density at radius 2 is 1.78 bits per heavy atom. The zero-order chi connectivity index (χ0) is 22.2. The fourth-order valence-electron chi connectivity index (χ4n) is 7.61. The average Bonchev–Trinajstić information content (AvgIpc) is 3.52. The maximum Gasteiger partial charge on any atom is 0.252 e. The smallest absolute Gasteiger partial charge is 0.252 e. The molecule has 0 spiro atoms. The molecule has 2 aliphatic carbocycles. The minimum atomic E-state index is -0.271. The lowest BCUT2D eigenvalue weighted by molar-refractivity contribution is -0.160. The first-order valence-corrected chi connectivity index (χ1v) is 13.2. The summed E-state index contributed by atoms with van der Waals surface area (Å²) in [7, 11) is 0. The van der Waals surface area contributed by atoms with E-state index >= 15 is 0 Å². The van der Waals surface area contributed by atoms with Gasteiger partial charge in [0.2, 0.25) is 5.91 Å². The number of fused-ring (bicyclic) bond motifs is 1. The van der Waals surface area contributed by atoms with Crippen molar-refractivity contribution >= 4 is 11.8 Å². The summed E-state index contributed by atoms with van der Waals surface area (Å²) in [6.45, 7) is 7.46. The average molecular weight is 447 g/mol. The van der Waals surface area contributed by atoms with Gasteiger partial charge in [-0.1, -0.05) is 12.8 Å². The highest BCUT2D eigenvalue weighted by atomic mass is 16.5. The van der Waals surface area contributed by atoms with Crippen molar-refractivity contribution < 1.29 is 14.3 Å². The van der Waals surface area contributed by atoms with Gasteiger partial charge in [0.25, 0.3) is 5.91 Å². The molecular formula is C25H42N4O3. The zero-order valence-corrected chi connectivity index (χ0v) is 20.0. The predicted octanol–water partition coefficient (Wildman–Crippen LogP) is 2.55. The van der Waals surface area contributed by atoms with Crippen molar-refractivity contribution in [1.82, 2.24) is 20.2 Å². The normalized spacial score (nSPS) is 41.0. The number of rotatable bonds is 3. The van der Waals surface area contributed by atoms with E-state index < -0.39 is 0 Å². The number of amides is 2. The molecule has 5 rings (SSSR count). The van der Waals surface area contributed by atoms with Crippen molar-refractivity contribution in [2.24, 2.45) is 11.8 Å². The number of carbonyl (C=O) groups is 2. The lowest BCUT2D eigenvalue weighted by Gasteiger charge is -2.55. The second-order valence-corrected chi connectivity index (χ2v) is 11.0. The molecule has 5 fully saturated rings. The third-order valence-corrected chi connectivity index (χ3v) is 9.05. The molecule has 32 heavy (non-hydrogen) atoms. The molecule has 1 N–H and O–H groups in total. The highest BCUT2D eigenvalue weighted by molar-refractivity contribution is 5.82. The highest BCUT2D eigenvalue weighted by Gasteiger charge is 2.49. The van der Waals surface area contributed by atoms with Crippen LogP contribution >= 0.6 is 0 Å². The second-order valence-electron chi connectivity index (χ2n) is 11.0. The molecule has 3 saturated heterocycles. The molecule has 7 heteroatoms. The molecule has 7 atom stereocenters. The van der Waals surface area contributed by atoms with Crippen LogP contribution in [0.25, 0.3) is 0 Å². The Balaban J connectivity index is 1.32. The third-order valence-electron chi connectivity index (χ3n) is 9.05. The molecular weight excluding hydrogens is 404 g/mol. The first-order valence-electron chi connectivity index (χ1n) is 13.2. The second kappa shape index (κ2) is 9.59. The lowest BCUT2D eigenvalue weighted by Crippen LogP contribution is -2.68. The number of nitrogens with zero attached hydrogens (tertiary/aromatic N) is 3. The van der Waals surface area contributed by atoms with Crippen LogP contribution in [0.3, 0.4) is 0 Å². The fourth-order valence-corrected chi connectivity index (χ4v) is 7.61. The van der Waals surface area contributed by atoms with Gasteiger partial charge in [0.1, 0.15) is 6.10 Å². The van der Waals surface area contributed by atoms with E-state index in [9.17, 15) is 9.59 Å². The summed E-state index contributed by atoms with van der Waals surface area (Å²) in [6.07, 6.45) is 11.3. The van der Waals surface area contributed by atoms with Gasteiger partial charge in [-0.25, -0.2) is 5.01 Å². The standard InChI is InChI=1S/C25H42N4O3/c1-17-16-27(25(31)24-8-4-13-32-24)23-15-20(9-10-22(23)29(17)18(2)30)19-6-3-7-21(14-19)28-12-5-11-26-28/h17,19-24,26H,3-16H2,1-2H3/t17-,19?,20?,21?,22?,23?,24?/m0/s1. The molecule has 0 aromatic heterocycles. The van der Waals surface area contributed by atoms with Gasteiger partial charge >= 0.3 is 0 Å². The molecule has 2 amide bonds. The van der Waals surface area contributed by atoms with E-state index in [0.717, 1.165) is 38.1 Å². The molecule has 2 saturated carbocycles. The predicted molar refractivity (Wildman–Crippen MR) is 123 cm³/mol. The van der Waals surface area contributed by atoms with Crippen LogP contribution in [0.5, 0.6) is 0 Å². The molecule has 0 bridgehead atoms. The Morgan fingerprint density at radius 3 is 2.50 bits per heavy atom. The van der Waals surface area contributed by atoms with Gasteiger partial charge in [0, 0.05) is 45.2 Å². The van der Waals surface area contributed by atoms with Crippen molar-refractivity contribution in [2.75, 3.05) is 26.2 Å². The topological polar surface area (TPSA) is 65.1 Å². The summed E-state index contributed by atoms with van der Waals surface area (Å²) in [5.41, 5.74) is 3.59. The summed E-state index contributed by atoms with van der Waals surface area (Å²) in [5.74, 6) is 1.73. The number of hydrogen-bond donors (Lipinski definition) is 1. The summed E-state index contributed by atoms with van der Waals surface area (Å²) in [5, 5.41) is 2.50. The maximum atomic E-state index is 13.5. The van der Waals surface area contributed by atoms with Gasteiger partial charge in [-0.15, -0.1) is 0 Å². The van der Waals surface area contributed by atoms with Crippen molar-refractivity contribution in [3.8, 4) is 0 Å². The van der Waals surface area contributed by atoms with Crippen molar-refractivity contribution in [3.63, 3.8) is 0 Å². The van der Waals surface area contributed by atoms with E-state index in [-0.39, 0.29) is 36.0 Å². The van der Waals surface area contributed by atoms with Gasteiger partial charge in [0.15, 0.2) is 0 Å². The Bertz CT molecular complexity index is 691. The number of ether oxygens (including phenoxy) is 1. The number of nitrogens with one attached hydrogen (secondary N) is 1. The van der Waals surface area contributed by atoms with Crippen LogP contribution in [-0.4, -0.2) is 83.1 Å². The number of hydrazine groups is 1. The van der Waals surface area contributed by atoms with Gasteiger partial charge < -0.3 is 14.5 Å². The Hall–Kier alpha value is -1.18. The van der Waals surface area contributed by atoms with Crippen LogP contribution < -0.4 is 5.43 Å². The first kappa shape index (κ1) is 22.6. The van der Waals surface area contributed by atoms with E-state index in [2.05, 4.69) is 27.2 Å². The molecule has 3 heterocycles. The van der Waals surface area contributed by atoms with E-state index in [0.29, 0.717) is 25.1 Å². The molecule has 0 radical (unpaired) electrons. The van der Waals surface area contributed by atoms with Crippen LogP contribution in [0.2, 0.25) is 0 Å². The molecule has 180 valence electrons. The Morgan fingerprint density at radius 1 is 0.938 bits per heavy atom. The zero-order valence-electron chi connectivity index (χ0n) is 20.0. The van der Waals surface area contributed by atoms with Crippen LogP contribution in [0.4, 0.5) is 0 Å². The maximum absolute atomic E-state index is 13.5. The lowest BCUT2D eigenvalue weighted by atomic mass is 9.68. The van der Waals surface area contributed by atoms with Crippen molar-refractivity contribution in [1.29, 1.82) is 0 Å². The monoisotopic (exact) mass is 446 g/mol. The fraction of sp³-hybridized carbons (Fsp3) is 0.920. The molecule has 0 aromatic rings.